The summed E-state index contributed by atoms with van der Waals surface area (Å²) in [7, 11) is 6.05. The highest BCUT2D eigenvalue weighted by Gasteiger charge is 2.27. The van der Waals surface area contributed by atoms with E-state index in [1.165, 1.54) is 28.4 Å². The van der Waals surface area contributed by atoms with Gasteiger partial charge in [0, 0.05) is 5.02 Å². The lowest BCUT2D eigenvalue weighted by atomic mass is 10.1. The van der Waals surface area contributed by atoms with Gasteiger partial charge in [0.15, 0.2) is 17.2 Å². The average molecular weight is 404 g/mol. The molecular formula is C20H18ClNO6. The van der Waals surface area contributed by atoms with E-state index >= 15 is 0 Å². The van der Waals surface area contributed by atoms with Crippen LogP contribution in [0, 0.1) is 0 Å². The Morgan fingerprint density at radius 2 is 1.57 bits per heavy atom. The molecule has 0 atom stereocenters. The molecule has 0 unspecified atom stereocenters. The Balaban J connectivity index is 2.04. The van der Waals surface area contributed by atoms with Gasteiger partial charge in [0.25, 0.3) is 0 Å². The third-order valence-electron chi connectivity index (χ3n) is 4.00. The fourth-order valence-electron chi connectivity index (χ4n) is 2.71. The fourth-order valence-corrected chi connectivity index (χ4v) is 2.89. The summed E-state index contributed by atoms with van der Waals surface area (Å²) in [5.74, 6) is 1.38. The van der Waals surface area contributed by atoms with E-state index in [0.717, 1.165) is 0 Å². The summed E-state index contributed by atoms with van der Waals surface area (Å²) in [6, 6.07) is 8.38. The molecule has 0 N–H and O–H groups in total. The minimum absolute atomic E-state index is 0.114. The minimum atomic E-state index is -0.592. The number of benzene rings is 2. The van der Waals surface area contributed by atoms with Crippen LogP contribution in [0.25, 0.3) is 6.08 Å². The summed E-state index contributed by atoms with van der Waals surface area (Å²) in [6.45, 7) is 0. The summed E-state index contributed by atoms with van der Waals surface area (Å²) >= 11 is 6.04. The number of nitrogens with zero attached hydrogens (tertiary/aromatic N) is 1. The van der Waals surface area contributed by atoms with Crippen LogP contribution in [-0.4, -0.2) is 40.3 Å². The Morgan fingerprint density at radius 1 is 0.929 bits per heavy atom. The zero-order valence-corrected chi connectivity index (χ0v) is 16.5. The van der Waals surface area contributed by atoms with Crippen molar-refractivity contribution < 1.29 is 28.5 Å². The largest absolute Gasteiger partial charge is 0.496 e. The lowest BCUT2D eigenvalue weighted by molar-refractivity contribution is -0.129. The topological polar surface area (TPSA) is 75.6 Å². The fraction of sp³-hybridized carbons (Fsp3) is 0.200. The molecule has 28 heavy (non-hydrogen) atoms. The maximum atomic E-state index is 12.3. The summed E-state index contributed by atoms with van der Waals surface area (Å²) in [4.78, 5) is 16.6. The molecule has 146 valence electrons. The maximum Gasteiger partial charge on any atom is 0.363 e. The smallest absolute Gasteiger partial charge is 0.363 e. The Labute approximate surface area is 167 Å². The van der Waals surface area contributed by atoms with Crippen LogP contribution >= 0.6 is 11.6 Å². The van der Waals surface area contributed by atoms with Gasteiger partial charge < -0.3 is 23.7 Å². The van der Waals surface area contributed by atoms with E-state index in [4.69, 9.17) is 35.3 Å². The van der Waals surface area contributed by atoms with Gasteiger partial charge in [-0.25, -0.2) is 9.79 Å². The van der Waals surface area contributed by atoms with Crippen molar-refractivity contribution in [1.82, 2.24) is 0 Å². The van der Waals surface area contributed by atoms with Gasteiger partial charge in [-0.15, -0.1) is 0 Å². The second-order valence-electron chi connectivity index (χ2n) is 5.64. The monoisotopic (exact) mass is 403 g/mol. The second kappa shape index (κ2) is 8.22. The Bertz CT molecular complexity index is 958. The molecule has 8 heteroatoms. The van der Waals surface area contributed by atoms with Crippen LogP contribution in [0.3, 0.4) is 0 Å². The molecule has 7 nitrogen and oxygen atoms in total. The molecule has 2 aromatic rings. The number of cyclic esters (lactones) is 1. The van der Waals surface area contributed by atoms with Crippen LogP contribution in [0.2, 0.25) is 5.02 Å². The van der Waals surface area contributed by atoms with Gasteiger partial charge in [0.2, 0.25) is 11.6 Å². The number of ether oxygens (including phenoxy) is 5. The quantitative estimate of drug-likeness (QED) is 0.540. The van der Waals surface area contributed by atoms with Gasteiger partial charge in [0.1, 0.15) is 5.75 Å². The Hall–Kier alpha value is -3.19. The molecule has 0 aromatic heterocycles. The number of carbonyl (C=O) groups excluding carboxylic acids is 1. The van der Waals surface area contributed by atoms with Gasteiger partial charge in [0.05, 0.1) is 34.0 Å². The number of esters is 1. The standard InChI is InChI=1S/C20H18ClNO6/c1-24-15-6-5-12(21)10-13(15)19-22-14(20(23)28-19)7-11-8-16(25-2)18(27-4)17(9-11)26-3/h5-10H,1-4H3/b14-7+. The summed E-state index contributed by atoms with van der Waals surface area (Å²) in [5, 5.41) is 0.469. The number of hydrogen-bond acceptors (Lipinski definition) is 7. The zero-order chi connectivity index (χ0) is 20.3. The minimum Gasteiger partial charge on any atom is -0.496 e. The number of halogens is 1. The van der Waals surface area contributed by atoms with Crippen LogP contribution in [0.15, 0.2) is 41.0 Å². The third-order valence-corrected chi connectivity index (χ3v) is 4.24. The molecule has 0 spiro atoms. The summed E-state index contributed by atoms with van der Waals surface area (Å²) < 4.78 is 26.5. The van der Waals surface area contributed by atoms with E-state index in [0.29, 0.717) is 39.1 Å². The highest BCUT2D eigenvalue weighted by Crippen LogP contribution is 2.39. The molecule has 0 fully saturated rings. The Morgan fingerprint density at radius 3 is 2.14 bits per heavy atom. The molecule has 0 saturated carbocycles. The van der Waals surface area contributed by atoms with Gasteiger partial charge in [-0.3, -0.25) is 0 Å². The van der Waals surface area contributed by atoms with Crippen LogP contribution in [0.4, 0.5) is 0 Å². The number of rotatable bonds is 6. The van der Waals surface area contributed by atoms with Crippen molar-refractivity contribution in [3.63, 3.8) is 0 Å². The molecule has 0 bridgehead atoms. The van der Waals surface area contributed by atoms with E-state index in [9.17, 15) is 4.79 Å². The lowest BCUT2D eigenvalue weighted by Crippen LogP contribution is -2.07. The van der Waals surface area contributed by atoms with E-state index in [1.54, 1.807) is 36.4 Å². The van der Waals surface area contributed by atoms with Gasteiger partial charge in [-0.05, 0) is 42.0 Å². The molecule has 1 aliphatic heterocycles. The average Bonchev–Trinajstić information content (AvgIpc) is 3.07. The molecule has 0 saturated heterocycles. The first-order chi connectivity index (χ1) is 13.5. The van der Waals surface area contributed by atoms with Crippen LogP contribution < -0.4 is 18.9 Å². The van der Waals surface area contributed by atoms with Crippen LogP contribution in [0.5, 0.6) is 23.0 Å². The van der Waals surface area contributed by atoms with Crippen molar-refractivity contribution in [3.8, 4) is 23.0 Å². The first kappa shape index (κ1) is 19.6. The SMILES string of the molecule is COc1ccc(Cl)cc1C1=N/C(=C/c2cc(OC)c(OC)c(OC)c2)C(=O)O1. The van der Waals surface area contributed by atoms with Crippen molar-refractivity contribution in [2.45, 2.75) is 0 Å². The van der Waals surface area contributed by atoms with Crippen LogP contribution in [0.1, 0.15) is 11.1 Å². The van der Waals surface area contributed by atoms with Crippen LogP contribution in [-0.2, 0) is 9.53 Å². The second-order valence-corrected chi connectivity index (χ2v) is 6.08. The molecule has 1 heterocycles. The maximum absolute atomic E-state index is 12.3. The van der Waals surface area contributed by atoms with Crippen molar-refractivity contribution in [2.24, 2.45) is 4.99 Å². The molecule has 2 aromatic carbocycles. The molecule has 0 amide bonds. The Kier molecular flexibility index (Phi) is 5.75. The molecule has 1 aliphatic rings. The number of aliphatic imine (C=N–C) groups is 1. The van der Waals surface area contributed by atoms with E-state index in [-0.39, 0.29) is 11.6 Å². The van der Waals surface area contributed by atoms with Gasteiger partial charge >= 0.3 is 5.97 Å². The number of hydrogen-bond donors (Lipinski definition) is 0. The first-order valence-electron chi connectivity index (χ1n) is 8.17. The van der Waals surface area contributed by atoms with Gasteiger partial charge in [-0.1, -0.05) is 11.6 Å². The van der Waals surface area contributed by atoms with E-state index in [1.807, 2.05) is 0 Å². The van der Waals surface area contributed by atoms with Crippen molar-refractivity contribution in [2.75, 3.05) is 28.4 Å². The van der Waals surface area contributed by atoms with E-state index in [2.05, 4.69) is 4.99 Å². The highest BCUT2D eigenvalue weighted by molar-refractivity contribution is 6.31. The van der Waals surface area contributed by atoms with E-state index < -0.39 is 5.97 Å². The predicted octanol–water partition coefficient (Wildman–Crippen LogP) is 3.72. The normalized spacial score (nSPS) is 14.5. The van der Waals surface area contributed by atoms with Crippen molar-refractivity contribution in [3.05, 3.63) is 52.2 Å². The molecule has 0 aliphatic carbocycles. The van der Waals surface area contributed by atoms with Gasteiger partial charge in [-0.2, -0.15) is 0 Å². The highest BCUT2D eigenvalue weighted by atomic mass is 35.5. The number of methoxy groups -OCH3 is 4. The summed E-state index contributed by atoms with van der Waals surface area (Å²) in [6.07, 6.45) is 1.57. The lowest BCUT2D eigenvalue weighted by Gasteiger charge is -2.12. The summed E-state index contributed by atoms with van der Waals surface area (Å²) in [5.41, 5.74) is 1.23. The number of carbonyl (C=O) groups is 1. The van der Waals surface area contributed by atoms with Crippen molar-refractivity contribution in [1.29, 1.82) is 0 Å². The predicted molar refractivity (Wildman–Crippen MR) is 105 cm³/mol. The zero-order valence-electron chi connectivity index (χ0n) is 15.7. The molecule has 3 rings (SSSR count). The third kappa shape index (κ3) is 3.75. The molecule has 0 radical (unpaired) electrons. The molecular weight excluding hydrogens is 386 g/mol. The van der Waals surface area contributed by atoms with Crippen molar-refractivity contribution >= 4 is 29.5 Å². The first-order valence-corrected chi connectivity index (χ1v) is 8.55.